The van der Waals surface area contributed by atoms with Gasteiger partial charge in [-0.05, 0) is 63.1 Å². The predicted molar refractivity (Wildman–Crippen MR) is 111 cm³/mol. The van der Waals surface area contributed by atoms with Crippen molar-refractivity contribution in [2.24, 2.45) is 0 Å². The fraction of sp³-hybridized carbons (Fsp3) is 0.667. The molecule has 0 spiro atoms. The number of hydrogen-bond donors (Lipinski definition) is 0. The van der Waals surface area contributed by atoms with Gasteiger partial charge in [-0.25, -0.2) is 0 Å². The molecule has 0 aliphatic carbocycles. The van der Waals surface area contributed by atoms with Gasteiger partial charge in [0.15, 0.2) is 0 Å². The number of ether oxygens (including phenoxy) is 2. The number of allylic oxidation sites excluding steroid dienone is 2. The van der Waals surface area contributed by atoms with Crippen LogP contribution in [-0.4, -0.2) is 18.8 Å². The molecule has 1 saturated heterocycles. The minimum absolute atomic E-state index is 0.0388. The first-order valence-corrected chi connectivity index (χ1v) is 10.7. The van der Waals surface area contributed by atoms with Crippen LogP contribution in [0.2, 0.25) is 0 Å². The Labute approximate surface area is 161 Å². The van der Waals surface area contributed by atoms with Gasteiger partial charge in [-0.1, -0.05) is 63.3 Å². The third-order valence-electron chi connectivity index (χ3n) is 5.08. The second-order valence-corrected chi connectivity index (χ2v) is 7.94. The third kappa shape index (κ3) is 9.43. The van der Waals surface area contributed by atoms with Crippen LogP contribution >= 0.6 is 0 Å². The lowest BCUT2D eigenvalue weighted by Crippen LogP contribution is -2.16. The molecule has 2 nitrogen and oxygen atoms in total. The maximum absolute atomic E-state index is 5.77. The van der Waals surface area contributed by atoms with E-state index in [0.717, 1.165) is 12.4 Å². The second-order valence-electron chi connectivity index (χ2n) is 7.94. The molecule has 1 aliphatic rings. The highest BCUT2D eigenvalue weighted by molar-refractivity contribution is 5.27. The Balaban J connectivity index is 1.43. The van der Waals surface area contributed by atoms with E-state index < -0.39 is 0 Å². The van der Waals surface area contributed by atoms with Gasteiger partial charge in [0, 0.05) is 0 Å². The largest absolute Gasteiger partial charge is 0.491 e. The number of benzene rings is 1. The summed E-state index contributed by atoms with van der Waals surface area (Å²) in [7, 11) is 0. The second kappa shape index (κ2) is 12.2. The Morgan fingerprint density at radius 3 is 2.15 bits per heavy atom. The van der Waals surface area contributed by atoms with Crippen molar-refractivity contribution in [1.29, 1.82) is 0 Å². The fourth-order valence-corrected chi connectivity index (χ4v) is 3.06. The number of aryl methyl sites for hydroxylation is 1. The third-order valence-corrected chi connectivity index (χ3v) is 5.08. The maximum atomic E-state index is 5.77. The van der Waals surface area contributed by atoms with Crippen molar-refractivity contribution >= 4 is 0 Å². The van der Waals surface area contributed by atoms with E-state index >= 15 is 0 Å². The molecule has 0 radical (unpaired) electrons. The first-order valence-electron chi connectivity index (χ1n) is 10.7. The van der Waals surface area contributed by atoms with E-state index in [1.807, 2.05) is 0 Å². The molecule has 1 heterocycles. The average Bonchev–Trinajstić information content (AvgIpc) is 3.40. The number of epoxide rings is 1. The monoisotopic (exact) mass is 358 g/mol. The van der Waals surface area contributed by atoms with E-state index in [2.05, 4.69) is 50.3 Å². The van der Waals surface area contributed by atoms with Crippen molar-refractivity contribution in [2.75, 3.05) is 13.2 Å². The molecule has 1 atom stereocenters. The zero-order valence-electron chi connectivity index (χ0n) is 17.0. The molecule has 146 valence electrons. The molecule has 0 bridgehead atoms. The lowest BCUT2D eigenvalue weighted by Gasteiger charge is -2.09. The molecular weight excluding hydrogens is 320 g/mol. The summed E-state index contributed by atoms with van der Waals surface area (Å²) in [5.41, 5.74) is 1.38. The molecule has 2 rings (SSSR count). The van der Waals surface area contributed by atoms with Gasteiger partial charge in [0.1, 0.15) is 18.0 Å². The van der Waals surface area contributed by atoms with E-state index in [-0.39, 0.29) is 5.60 Å². The van der Waals surface area contributed by atoms with Crippen molar-refractivity contribution in [3.63, 3.8) is 0 Å². The van der Waals surface area contributed by atoms with Crippen LogP contribution in [0.15, 0.2) is 36.4 Å². The molecule has 26 heavy (non-hydrogen) atoms. The van der Waals surface area contributed by atoms with E-state index in [0.29, 0.717) is 6.61 Å². The average molecular weight is 359 g/mol. The minimum atomic E-state index is -0.0388. The highest BCUT2D eigenvalue weighted by atomic mass is 16.6. The van der Waals surface area contributed by atoms with Gasteiger partial charge in [0.2, 0.25) is 0 Å². The summed E-state index contributed by atoms with van der Waals surface area (Å²) in [5, 5.41) is 0. The number of rotatable bonds is 15. The summed E-state index contributed by atoms with van der Waals surface area (Å²) in [4.78, 5) is 0. The molecule has 0 N–H and O–H groups in total. The van der Waals surface area contributed by atoms with Gasteiger partial charge in [-0.3, -0.25) is 0 Å². The molecular formula is C24H38O2. The number of unbranched alkanes of at least 4 members (excludes halogenated alkanes) is 8. The Bertz CT molecular complexity index is 499. The fourth-order valence-electron chi connectivity index (χ4n) is 3.06. The Morgan fingerprint density at radius 2 is 1.54 bits per heavy atom. The number of hydrogen-bond acceptors (Lipinski definition) is 2. The van der Waals surface area contributed by atoms with Crippen molar-refractivity contribution in [3.05, 3.63) is 42.0 Å². The first-order chi connectivity index (χ1) is 12.7. The summed E-state index contributed by atoms with van der Waals surface area (Å²) in [6.45, 7) is 5.83. The van der Waals surface area contributed by atoms with Crippen LogP contribution in [0, 0.1) is 0 Å². The zero-order chi connectivity index (χ0) is 18.5. The normalized spacial score (nSPS) is 19.2. The van der Waals surface area contributed by atoms with Crippen molar-refractivity contribution in [1.82, 2.24) is 0 Å². The molecule has 0 amide bonds. The van der Waals surface area contributed by atoms with Crippen molar-refractivity contribution in [3.8, 4) is 5.75 Å². The minimum Gasteiger partial charge on any atom is -0.491 e. The van der Waals surface area contributed by atoms with Crippen LogP contribution in [0.4, 0.5) is 0 Å². The van der Waals surface area contributed by atoms with Gasteiger partial charge < -0.3 is 9.47 Å². The first kappa shape index (κ1) is 21.0. The van der Waals surface area contributed by atoms with E-state index in [1.54, 1.807) is 0 Å². The van der Waals surface area contributed by atoms with E-state index in [9.17, 15) is 0 Å². The standard InChI is InChI=1S/C24H38O2/c1-3-4-5-6-7-8-9-10-11-12-13-14-15-22-16-18-23(19-17-22)25-20-24(2)21-26-24/h8-9,16-19H,3-7,10-15,20-21H2,1-2H3/b9-8+. The van der Waals surface area contributed by atoms with Crippen LogP contribution in [0.1, 0.15) is 83.6 Å². The highest BCUT2D eigenvalue weighted by Crippen LogP contribution is 2.27. The quantitative estimate of drug-likeness (QED) is 0.194. The Morgan fingerprint density at radius 1 is 0.923 bits per heavy atom. The molecule has 1 aromatic carbocycles. The molecule has 0 aromatic heterocycles. The zero-order valence-corrected chi connectivity index (χ0v) is 17.0. The molecule has 1 aromatic rings. The van der Waals surface area contributed by atoms with Crippen LogP contribution in [0.3, 0.4) is 0 Å². The van der Waals surface area contributed by atoms with E-state index in [4.69, 9.17) is 9.47 Å². The maximum Gasteiger partial charge on any atom is 0.123 e. The lowest BCUT2D eigenvalue weighted by molar-refractivity contribution is 0.202. The van der Waals surface area contributed by atoms with Gasteiger partial charge >= 0.3 is 0 Å². The van der Waals surface area contributed by atoms with Crippen LogP contribution in [0.25, 0.3) is 0 Å². The van der Waals surface area contributed by atoms with Gasteiger partial charge in [-0.15, -0.1) is 0 Å². The topological polar surface area (TPSA) is 21.8 Å². The summed E-state index contributed by atoms with van der Waals surface area (Å²) in [6, 6.07) is 8.58. The summed E-state index contributed by atoms with van der Waals surface area (Å²) < 4.78 is 11.1. The lowest BCUT2D eigenvalue weighted by atomic mass is 10.1. The summed E-state index contributed by atoms with van der Waals surface area (Å²) in [5.74, 6) is 0.951. The smallest absolute Gasteiger partial charge is 0.123 e. The van der Waals surface area contributed by atoms with Crippen LogP contribution < -0.4 is 4.74 Å². The highest BCUT2D eigenvalue weighted by Gasteiger charge is 2.40. The van der Waals surface area contributed by atoms with E-state index in [1.165, 1.54) is 76.2 Å². The molecule has 1 fully saturated rings. The van der Waals surface area contributed by atoms with Crippen molar-refractivity contribution < 1.29 is 9.47 Å². The summed E-state index contributed by atoms with van der Waals surface area (Å²) >= 11 is 0. The Kier molecular flexibility index (Phi) is 9.84. The van der Waals surface area contributed by atoms with Gasteiger partial charge in [0.05, 0.1) is 6.61 Å². The molecule has 1 unspecified atom stereocenters. The Hall–Kier alpha value is -1.28. The van der Waals surface area contributed by atoms with Crippen LogP contribution in [-0.2, 0) is 11.2 Å². The molecule has 0 saturated carbocycles. The SMILES string of the molecule is CCCCCC/C=C/CCCCCCc1ccc(OCC2(C)CO2)cc1. The van der Waals surface area contributed by atoms with Gasteiger partial charge in [-0.2, -0.15) is 0 Å². The molecule has 1 aliphatic heterocycles. The summed E-state index contributed by atoms with van der Waals surface area (Å²) in [6.07, 6.45) is 19.2. The predicted octanol–water partition coefficient (Wildman–Crippen LogP) is 6.87. The van der Waals surface area contributed by atoms with Crippen LogP contribution in [0.5, 0.6) is 5.75 Å². The van der Waals surface area contributed by atoms with Crippen molar-refractivity contribution in [2.45, 2.75) is 90.1 Å². The van der Waals surface area contributed by atoms with Gasteiger partial charge in [0.25, 0.3) is 0 Å². The molecule has 2 heteroatoms.